The van der Waals surface area contributed by atoms with E-state index < -0.39 is 5.97 Å². The highest BCUT2D eigenvalue weighted by Crippen LogP contribution is 2.20. The zero-order valence-corrected chi connectivity index (χ0v) is 10.1. The third-order valence-corrected chi connectivity index (χ3v) is 2.83. The number of carboxylic acid groups (broad SMARTS) is 1. The second-order valence-corrected chi connectivity index (χ2v) is 4.03. The molecular weight excluding hydrogens is 270 g/mol. The predicted molar refractivity (Wildman–Crippen MR) is 66.4 cm³/mol. The lowest BCUT2D eigenvalue weighted by molar-refractivity contribution is 0.0696. The molecule has 0 aliphatic heterocycles. The van der Waals surface area contributed by atoms with E-state index in [4.69, 9.17) is 16.7 Å². The van der Waals surface area contributed by atoms with Gasteiger partial charge in [-0.1, -0.05) is 11.6 Å². The Kier molecular flexibility index (Phi) is 2.60. The number of halogens is 1. The summed E-state index contributed by atoms with van der Waals surface area (Å²) in [6, 6.07) is 2.99. The molecule has 0 saturated heterocycles. The van der Waals surface area contributed by atoms with Crippen molar-refractivity contribution in [1.82, 2.24) is 24.7 Å². The molecule has 1 N–H and O–H groups in total. The number of rotatable bonds is 2. The van der Waals surface area contributed by atoms with Gasteiger partial charge in [-0.2, -0.15) is 9.78 Å². The van der Waals surface area contributed by atoms with Crippen molar-refractivity contribution in [3.05, 3.63) is 41.6 Å². The maximum Gasteiger partial charge on any atom is 0.337 e. The van der Waals surface area contributed by atoms with Crippen LogP contribution in [0.4, 0.5) is 0 Å². The lowest BCUT2D eigenvalue weighted by Gasteiger charge is -2.02. The van der Waals surface area contributed by atoms with Crippen LogP contribution in [0.25, 0.3) is 16.9 Å². The standard InChI is InChI=1S/C11H6ClN5O2/c12-9-7-4-16-17(10(7)15-5-14-9)8-2-1-6(3-13-8)11(18)19/h1-5H,(H,18,19). The van der Waals surface area contributed by atoms with E-state index in [-0.39, 0.29) is 5.56 Å². The highest BCUT2D eigenvalue weighted by molar-refractivity contribution is 6.33. The molecule has 94 valence electrons. The molecule has 3 aromatic heterocycles. The fourth-order valence-electron chi connectivity index (χ4n) is 1.62. The Morgan fingerprint density at radius 3 is 2.74 bits per heavy atom. The van der Waals surface area contributed by atoms with Gasteiger partial charge in [0.2, 0.25) is 0 Å². The Labute approximate surface area is 111 Å². The summed E-state index contributed by atoms with van der Waals surface area (Å²) in [5.74, 6) is -0.579. The summed E-state index contributed by atoms with van der Waals surface area (Å²) in [6.07, 6.45) is 4.12. The number of carboxylic acids is 1. The Morgan fingerprint density at radius 1 is 1.21 bits per heavy atom. The van der Waals surface area contributed by atoms with Crippen molar-refractivity contribution in [3.8, 4) is 5.82 Å². The van der Waals surface area contributed by atoms with Crippen LogP contribution in [0, 0.1) is 0 Å². The average molecular weight is 276 g/mol. The normalized spacial score (nSPS) is 10.8. The molecule has 7 nitrogen and oxygen atoms in total. The number of hydrogen-bond acceptors (Lipinski definition) is 5. The second-order valence-electron chi connectivity index (χ2n) is 3.67. The minimum atomic E-state index is -1.03. The Balaban J connectivity index is 2.14. The van der Waals surface area contributed by atoms with Crippen LogP contribution in [0.3, 0.4) is 0 Å². The summed E-state index contributed by atoms with van der Waals surface area (Å²) in [7, 11) is 0. The molecule has 0 bridgehead atoms. The number of carbonyl (C=O) groups is 1. The molecule has 8 heteroatoms. The molecule has 0 aromatic carbocycles. The van der Waals surface area contributed by atoms with Crippen molar-refractivity contribution in [2.24, 2.45) is 0 Å². The molecule has 3 rings (SSSR count). The minimum absolute atomic E-state index is 0.105. The zero-order valence-electron chi connectivity index (χ0n) is 9.36. The monoisotopic (exact) mass is 275 g/mol. The van der Waals surface area contributed by atoms with Gasteiger partial charge in [0.05, 0.1) is 17.1 Å². The first kappa shape index (κ1) is 11.5. The van der Waals surface area contributed by atoms with E-state index in [9.17, 15) is 4.79 Å². The molecule has 0 saturated carbocycles. The predicted octanol–water partition coefficient (Wildman–Crippen LogP) is 1.56. The van der Waals surface area contributed by atoms with E-state index in [0.717, 1.165) is 0 Å². The summed E-state index contributed by atoms with van der Waals surface area (Å²) in [6.45, 7) is 0. The fourth-order valence-corrected chi connectivity index (χ4v) is 1.80. The molecule has 0 aliphatic carbocycles. The molecule has 0 atom stereocenters. The molecule has 0 radical (unpaired) electrons. The third-order valence-electron chi connectivity index (χ3n) is 2.53. The van der Waals surface area contributed by atoms with Crippen molar-refractivity contribution in [3.63, 3.8) is 0 Å². The van der Waals surface area contributed by atoms with E-state index in [1.165, 1.54) is 29.5 Å². The van der Waals surface area contributed by atoms with E-state index in [1.54, 1.807) is 6.07 Å². The van der Waals surface area contributed by atoms with Crippen LogP contribution < -0.4 is 0 Å². The van der Waals surface area contributed by atoms with Crippen molar-refractivity contribution in [2.75, 3.05) is 0 Å². The van der Waals surface area contributed by atoms with Crippen LogP contribution in [0.15, 0.2) is 30.9 Å². The quantitative estimate of drug-likeness (QED) is 0.713. The molecule has 0 amide bonds. The van der Waals surface area contributed by atoms with E-state index in [1.807, 2.05) is 0 Å². The fraction of sp³-hybridized carbons (Fsp3) is 0. The van der Waals surface area contributed by atoms with Crippen LogP contribution in [0.5, 0.6) is 0 Å². The van der Waals surface area contributed by atoms with Gasteiger partial charge in [-0.25, -0.2) is 19.7 Å². The summed E-state index contributed by atoms with van der Waals surface area (Å²) >= 11 is 5.92. The van der Waals surface area contributed by atoms with Crippen molar-refractivity contribution < 1.29 is 9.90 Å². The Morgan fingerprint density at radius 2 is 2.05 bits per heavy atom. The van der Waals surface area contributed by atoms with Crippen LogP contribution >= 0.6 is 11.6 Å². The van der Waals surface area contributed by atoms with Crippen molar-refractivity contribution in [2.45, 2.75) is 0 Å². The SMILES string of the molecule is O=C(O)c1ccc(-n2ncc3c(Cl)ncnc32)nc1. The largest absolute Gasteiger partial charge is 0.478 e. The van der Waals surface area contributed by atoms with Crippen LogP contribution in [-0.2, 0) is 0 Å². The lowest BCUT2D eigenvalue weighted by atomic mass is 10.3. The zero-order chi connectivity index (χ0) is 13.4. The minimum Gasteiger partial charge on any atom is -0.478 e. The van der Waals surface area contributed by atoms with Gasteiger partial charge in [-0.3, -0.25) is 0 Å². The molecule has 0 spiro atoms. The van der Waals surface area contributed by atoms with Gasteiger partial charge in [-0.05, 0) is 12.1 Å². The summed E-state index contributed by atoms with van der Waals surface area (Å²) in [5, 5.41) is 13.8. The molecule has 3 aromatic rings. The van der Waals surface area contributed by atoms with Crippen LogP contribution in [0.1, 0.15) is 10.4 Å². The van der Waals surface area contributed by atoms with Gasteiger partial charge < -0.3 is 5.11 Å². The van der Waals surface area contributed by atoms with E-state index in [2.05, 4.69) is 20.1 Å². The smallest absolute Gasteiger partial charge is 0.337 e. The number of hydrogen-bond donors (Lipinski definition) is 1. The maximum atomic E-state index is 10.8. The van der Waals surface area contributed by atoms with Gasteiger partial charge in [0.1, 0.15) is 11.5 Å². The van der Waals surface area contributed by atoms with Crippen LogP contribution in [0.2, 0.25) is 5.15 Å². The average Bonchev–Trinajstić information content (AvgIpc) is 2.84. The first-order valence-electron chi connectivity index (χ1n) is 5.21. The third kappa shape index (κ3) is 1.89. The molecule has 0 aliphatic rings. The topological polar surface area (TPSA) is 93.8 Å². The second kappa shape index (κ2) is 4.29. The van der Waals surface area contributed by atoms with Crippen molar-refractivity contribution >= 4 is 28.6 Å². The first-order valence-corrected chi connectivity index (χ1v) is 5.58. The molecule has 3 heterocycles. The summed E-state index contributed by atoms with van der Waals surface area (Å²) in [5.41, 5.74) is 0.614. The Bertz CT molecular complexity index is 768. The molecule has 0 unspecified atom stereocenters. The van der Waals surface area contributed by atoms with E-state index in [0.29, 0.717) is 22.0 Å². The van der Waals surface area contributed by atoms with Gasteiger partial charge >= 0.3 is 5.97 Å². The summed E-state index contributed by atoms with van der Waals surface area (Å²) < 4.78 is 1.47. The number of aromatic nitrogens is 5. The Hall–Kier alpha value is -2.54. The molecule has 0 fully saturated rings. The first-order chi connectivity index (χ1) is 9.16. The van der Waals surface area contributed by atoms with Gasteiger partial charge in [-0.15, -0.1) is 0 Å². The molecule has 19 heavy (non-hydrogen) atoms. The van der Waals surface area contributed by atoms with Crippen LogP contribution in [-0.4, -0.2) is 35.8 Å². The molecular formula is C11H6ClN5O2. The number of aromatic carboxylic acids is 1. The lowest BCUT2D eigenvalue weighted by Crippen LogP contribution is -2.03. The van der Waals surface area contributed by atoms with E-state index >= 15 is 0 Å². The van der Waals surface area contributed by atoms with Gasteiger partial charge in [0.15, 0.2) is 11.5 Å². The number of fused-ring (bicyclic) bond motifs is 1. The highest BCUT2D eigenvalue weighted by Gasteiger charge is 2.11. The maximum absolute atomic E-state index is 10.8. The summed E-state index contributed by atoms with van der Waals surface area (Å²) in [4.78, 5) is 22.7. The number of nitrogens with zero attached hydrogens (tertiary/aromatic N) is 5. The van der Waals surface area contributed by atoms with Gasteiger partial charge in [0.25, 0.3) is 0 Å². The van der Waals surface area contributed by atoms with Crippen molar-refractivity contribution in [1.29, 1.82) is 0 Å². The van der Waals surface area contributed by atoms with Gasteiger partial charge in [0, 0.05) is 6.20 Å². The number of pyridine rings is 1. The highest BCUT2D eigenvalue weighted by atomic mass is 35.5.